The number of halogens is 1. The molecule has 0 spiro atoms. The lowest BCUT2D eigenvalue weighted by Crippen LogP contribution is -2.29. The van der Waals surface area contributed by atoms with Gasteiger partial charge in [0.15, 0.2) is 0 Å². The summed E-state index contributed by atoms with van der Waals surface area (Å²) in [6, 6.07) is 0. The van der Waals surface area contributed by atoms with Crippen LogP contribution < -0.4 is 0 Å². The number of hydrogen-bond acceptors (Lipinski definition) is 1. The second-order valence-corrected chi connectivity index (χ2v) is 2.90. The maximum Gasteiger partial charge on any atom is 0.321 e. The van der Waals surface area contributed by atoms with E-state index in [9.17, 15) is 4.79 Å². The zero-order valence-electron chi connectivity index (χ0n) is 5.01. The second-order valence-electron chi connectivity index (χ2n) is 2.43. The van der Waals surface area contributed by atoms with Crippen LogP contribution in [0.1, 0.15) is 19.3 Å². The number of hydrogen-bond donors (Lipinski definition) is 1. The number of aliphatic carboxylic acids is 1. The molecule has 0 bridgehead atoms. The highest BCUT2D eigenvalue weighted by Crippen LogP contribution is 2.32. The van der Waals surface area contributed by atoms with Crippen LogP contribution in [0.25, 0.3) is 0 Å². The predicted octanol–water partition coefficient (Wildman–Crippen LogP) is 1.48. The predicted molar refractivity (Wildman–Crippen MR) is 34.6 cm³/mol. The van der Waals surface area contributed by atoms with E-state index in [4.69, 9.17) is 16.7 Å². The molecule has 0 heterocycles. The molecular weight excluding hydrogens is 140 g/mol. The van der Waals surface area contributed by atoms with Crippen molar-refractivity contribution in [2.45, 2.75) is 24.6 Å². The van der Waals surface area contributed by atoms with Crippen LogP contribution in [-0.4, -0.2) is 16.5 Å². The van der Waals surface area contributed by atoms with Crippen molar-refractivity contribution in [2.75, 3.05) is 0 Å². The van der Waals surface area contributed by atoms with Crippen molar-refractivity contribution in [2.24, 2.45) is 5.92 Å². The molecule has 0 amide bonds. The van der Waals surface area contributed by atoms with Crippen LogP contribution in [0.2, 0.25) is 0 Å². The van der Waals surface area contributed by atoms with Crippen molar-refractivity contribution in [3.05, 3.63) is 0 Å². The largest absolute Gasteiger partial charge is 0.480 e. The first-order valence-electron chi connectivity index (χ1n) is 3.08. The van der Waals surface area contributed by atoms with E-state index in [0.29, 0.717) is 0 Å². The lowest BCUT2D eigenvalue weighted by Gasteiger charge is -2.26. The minimum absolute atomic E-state index is 0.240. The molecule has 1 rings (SSSR count). The van der Waals surface area contributed by atoms with E-state index in [2.05, 4.69) is 0 Å². The molecule has 9 heavy (non-hydrogen) atoms. The molecule has 0 aliphatic heterocycles. The fourth-order valence-electron chi connectivity index (χ4n) is 0.934. The minimum Gasteiger partial charge on any atom is -0.480 e. The molecule has 2 nitrogen and oxygen atoms in total. The number of carboxylic acids is 1. The molecule has 1 aliphatic rings. The molecule has 1 saturated carbocycles. The van der Waals surface area contributed by atoms with Gasteiger partial charge in [0.25, 0.3) is 0 Å². The maximum atomic E-state index is 10.2. The van der Waals surface area contributed by atoms with Crippen molar-refractivity contribution in [3.63, 3.8) is 0 Å². The summed E-state index contributed by atoms with van der Waals surface area (Å²) in [5.41, 5.74) is 0. The molecule has 1 fully saturated rings. The molecule has 1 N–H and O–H groups in total. The third kappa shape index (κ3) is 1.36. The number of carboxylic acid groups (broad SMARTS) is 1. The summed E-state index contributed by atoms with van der Waals surface area (Å²) in [6.07, 6.45) is 3.11. The SMILES string of the molecule is O=C(O)C(Cl)C1CCC1. The first-order valence-corrected chi connectivity index (χ1v) is 3.52. The van der Waals surface area contributed by atoms with Gasteiger partial charge in [-0.05, 0) is 18.8 Å². The molecule has 1 unspecified atom stereocenters. The maximum absolute atomic E-state index is 10.2. The number of rotatable bonds is 2. The van der Waals surface area contributed by atoms with Gasteiger partial charge in [0.2, 0.25) is 0 Å². The van der Waals surface area contributed by atoms with Crippen LogP contribution in [0.5, 0.6) is 0 Å². The van der Waals surface area contributed by atoms with Crippen molar-refractivity contribution in [1.29, 1.82) is 0 Å². The first-order chi connectivity index (χ1) is 4.22. The Morgan fingerprint density at radius 1 is 1.67 bits per heavy atom. The van der Waals surface area contributed by atoms with E-state index in [0.717, 1.165) is 19.3 Å². The van der Waals surface area contributed by atoms with Crippen LogP contribution in [0, 0.1) is 5.92 Å². The standard InChI is InChI=1S/C6H9ClO2/c7-5(6(8)9)4-2-1-3-4/h4-5H,1-3H2,(H,8,9). The highest BCUT2D eigenvalue weighted by atomic mass is 35.5. The van der Waals surface area contributed by atoms with Crippen molar-refractivity contribution in [1.82, 2.24) is 0 Å². The highest BCUT2D eigenvalue weighted by molar-refractivity contribution is 6.29. The van der Waals surface area contributed by atoms with Crippen LogP contribution in [0.15, 0.2) is 0 Å². The third-order valence-corrected chi connectivity index (χ3v) is 2.34. The second kappa shape index (κ2) is 2.56. The Morgan fingerprint density at radius 2 is 2.22 bits per heavy atom. The molecule has 0 aromatic heterocycles. The van der Waals surface area contributed by atoms with Crippen LogP contribution in [0.4, 0.5) is 0 Å². The Hall–Kier alpha value is -0.240. The van der Waals surface area contributed by atoms with Gasteiger partial charge in [0.05, 0.1) is 0 Å². The molecule has 1 atom stereocenters. The topological polar surface area (TPSA) is 37.3 Å². The van der Waals surface area contributed by atoms with Gasteiger partial charge in [-0.3, -0.25) is 4.79 Å². The van der Waals surface area contributed by atoms with E-state index in [1.165, 1.54) is 0 Å². The van der Waals surface area contributed by atoms with Gasteiger partial charge in [0, 0.05) is 0 Å². The Morgan fingerprint density at radius 3 is 2.33 bits per heavy atom. The van der Waals surface area contributed by atoms with Gasteiger partial charge < -0.3 is 5.11 Å². The lowest BCUT2D eigenvalue weighted by atomic mass is 9.83. The van der Waals surface area contributed by atoms with E-state index < -0.39 is 11.3 Å². The van der Waals surface area contributed by atoms with Gasteiger partial charge in [-0.2, -0.15) is 0 Å². The number of alkyl halides is 1. The minimum atomic E-state index is -0.874. The molecule has 52 valence electrons. The summed E-state index contributed by atoms with van der Waals surface area (Å²) in [6.45, 7) is 0. The van der Waals surface area contributed by atoms with Crippen molar-refractivity contribution < 1.29 is 9.90 Å². The average Bonchev–Trinajstić information content (AvgIpc) is 1.60. The zero-order chi connectivity index (χ0) is 6.85. The molecule has 0 aromatic carbocycles. The molecular formula is C6H9ClO2. The van der Waals surface area contributed by atoms with Gasteiger partial charge in [-0.15, -0.1) is 11.6 Å². The van der Waals surface area contributed by atoms with E-state index in [1.807, 2.05) is 0 Å². The molecule has 3 heteroatoms. The quantitative estimate of drug-likeness (QED) is 0.603. The lowest BCUT2D eigenvalue weighted by molar-refractivity contribution is -0.138. The molecule has 0 saturated heterocycles. The van der Waals surface area contributed by atoms with Crippen LogP contribution >= 0.6 is 11.6 Å². The monoisotopic (exact) mass is 148 g/mol. The van der Waals surface area contributed by atoms with Gasteiger partial charge >= 0.3 is 5.97 Å². The summed E-state index contributed by atoms with van der Waals surface area (Å²) in [5, 5.41) is 7.75. The summed E-state index contributed by atoms with van der Waals surface area (Å²) in [4.78, 5) is 10.2. The van der Waals surface area contributed by atoms with Crippen molar-refractivity contribution in [3.8, 4) is 0 Å². The Kier molecular flexibility index (Phi) is 1.96. The fourth-order valence-corrected chi connectivity index (χ4v) is 1.19. The Bertz CT molecular complexity index is 120. The summed E-state index contributed by atoms with van der Waals surface area (Å²) in [5.74, 6) is -0.634. The number of carbonyl (C=O) groups is 1. The first kappa shape index (κ1) is 6.87. The highest BCUT2D eigenvalue weighted by Gasteiger charge is 2.30. The average molecular weight is 149 g/mol. The fraction of sp³-hybridized carbons (Fsp3) is 0.833. The smallest absolute Gasteiger partial charge is 0.321 e. The Labute approximate surface area is 58.8 Å². The molecule has 1 aliphatic carbocycles. The van der Waals surface area contributed by atoms with Crippen LogP contribution in [-0.2, 0) is 4.79 Å². The zero-order valence-corrected chi connectivity index (χ0v) is 5.77. The third-order valence-electron chi connectivity index (χ3n) is 1.80. The summed E-state index contributed by atoms with van der Waals surface area (Å²) >= 11 is 5.52. The van der Waals surface area contributed by atoms with Gasteiger partial charge in [0.1, 0.15) is 5.38 Å². The van der Waals surface area contributed by atoms with Gasteiger partial charge in [-0.1, -0.05) is 6.42 Å². The molecule has 0 radical (unpaired) electrons. The summed E-state index contributed by atoms with van der Waals surface area (Å²) < 4.78 is 0. The van der Waals surface area contributed by atoms with E-state index in [-0.39, 0.29) is 5.92 Å². The van der Waals surface area contributed by atoms with Crippen LogP contribution in [0.3, 0.4) is 0 Å². The van der Waals surface area contributed by atoms with E-state index in [1.54, 1.807) is 0 Å². The normalized spacial score (nSPS) is 22.8. The van der Waals surface area contributed by atoms with Crippen molar-refractivity contribution >= 4 is 17.6 Å². The Balaban J connectivity index is 2.32. The van der Waals surface area contributed by atoms with Gasteiger partial charge in [-0.25, -0.2) is 0 Å². The van der Waals surface area contributed by atoms with E-state index >= 15 is 0 Å². The summed E-state index contributed by atoms with van der Waals surface area (Å²) in [7, 11) is 0. The molecule has 0 aromatic rings.